The van der Waals surface area contributed by atoms with Gasteiger partial charge in [0.25, 0.3) is 0 Å². The minimum Gasteiger partial charge on any atom is -0.0701 e. The molecule has 0 heterocycles. The molecule has 0 aromatic carbocycles. The zero-order valence-corrected chi connectivity index (χ0v) is 9.41. The Labute approximate surface area is 92.1 Å². The van der Waals surface area contributed by atoms with E-state index in [1.165, 1.54) is 18.8 Å². The van der Waals surface area contributed by atoms with E-state index in [0.717, 1.165) is 29.6 Å². The summed E-state index contributed by atoms with van der Waals surface area (Å²) in [5.74, 6) is 6.82. The van der Waals surface area contributed by atoms with Crippen molar-refractivity contribution in [3.05, 3.63) is 11.1 Å². The van der Waals surface area contributed by atoms with Gasteiger partial charge >= 0.3 is 0 Å². The van der Waals surface area contributed by atoms with Crippen molar-refractivity contribution in [3.8, 4) is 0 Å². The van der Waals surface area contributed by atoms with Crippen molar-refractivity contribution < 1.29 is 0 Å². The number of hydrogen-bond donors (Lipinski definition) is 0. The molecule has 0 aliphatic heterocycles. The largest absolute Gasteiger partial charge is 0.0701 e. The maximum atomic E-state index is 2.06. The normalized spacial score (nSPS) is 59.2. The molecular formula is C15H20. The van der Waals surface area contributed by atoms with Gasteiger partial charge in [0.05, 0.1) is 0 Å². The summed E-state index contributed by atoms with van der Waals surface area (Å²) < 4.78 is 0. The van der Waals surface area contributed by atoms with Gasteiger partial charge in [0, 0.05) is 0 Å². The van der Waals surface area contributed by atoms with Crippen LogP contribution < -0.4 is 0 Å². The third-order valence-electron chi connectivity index (χ3n) is 6.68. The molecule has 0 amide bonds. The predicted molar refractivity (Wildman–Crippen MR) is 60.3 cm³/mol. The number of hydrogen-bond acceptors (Lipinski definition) is 0. The molecule has 4 saturated carbocycles. The van der Waals surface area contributed by atoms with E-state index in [4.69, 9.17) is 0 Å². The topological polar surface area (TPSA) is 0 Å². The summed E-state index contributed by atoms with van der Waals surface area (Å²) in [5, 5.41) is 0. The van der Waals surface area contributed by atoms with Crippen molar-refractivity contribution in [1.82, 2.24) is 0 Å². The molecule has 6 unspecified atom stereocenters. The summed E-state index contributed by atoms with van der Waals surface area (Å²) in [5.41, 5.74) is 4.02. The molecule has 80 valence electrons. The van der Waals surface area contributed by atoms with Gasteiger partial charge in [-0.2, -0.15) is 0 Å². The maximum Gasteiger partial charge on any atom is -0.0138 e. The molecule has 5 aliphatic carbocycles. The molecule has 0 N–H and O–H groups in total. The summed E-state index contributed by atoms with van der Waals surface area (Å²) in [4.78, 5) is 0. The van der Waals surface area contributed by atoms with Gasteiger partial charge in [-0.1, -0.05) is 11.1 Å². The highest BCUT2D eigenvalue weighted by atomic mass is 14.6. The van der Waals surface area contributed by atoms with Crippen LogP contribution in [0.4, 0.5) is 0 Å². The fraction of sp³-hybridized carbons (Fsp3) is 0.867. The van der Waals surface area contributed by atoms with Crippen molar-refractivity contribution in [1.29, 1.82) is 0 Å². The minimum absolute atomic E-state index is 1.10. The van der Waals surface area contributed by atoms with Gasteiger partial charge in [-0.3, -0.25) is 0 Å². The SMILES string of the molecule is C1CC2CC1=C1C2CC2C3CCC(C3)C12. The molecule has 15 heavy (non-hydrogen) atoms. The highest BCUT2D eigenvalue weighted by Crippen LogP contribution is 2.68. The molecule has 0 spiro atoms. The molecule has 5 rings (SSSR count). The summed E-state index contributed by atoms with van der Waals surface area (Å²) in [7, 11) is 0. The molecule has 0 heteroatoms. The van der Waals surface area contributed by atoms with Gasteiger partial charge in [-0.25, -0.2) is 0 Å². The lowest BCUT2D eigenvalue weighted by molar-refractivity contribution is 0.270. The Morgan fingerprint density at radius 3 is 2.80 bits per heavy atom. The summed E-state index contributed by atoms with van der Waals surface area (Å²) in [6, 6.07) is 0. The average molecular weight is 200 g/mol. The van der Waals surface area contributed by atoms with E-state index >= 15 is 0 Å². The van der Waals surface area contributed by atoms with Crippen molar-refractivity contribution in [2.24, 2.45) is 35.5 Å². The first kappa shape index (κ1) is 7.92. The Morgan fingerprint density at radius 1 is 0.867 bits per heavy atom. The van der Waals surface area contributed by atoms with E-state index in [1.807, 2.05) is 5.57 Å². The number of fused-ring (bicyclic) bond motifs is 10. The molecule has 0 aromatic rings. The van der Waals surface area contributed by atoms with Gasteiger partial charge < -0.3 is 0 Å². The minimum atomic E-state index is 1.10. The van der Waals surface area contributed by atoms with Crippen LogP contribution in [0.2, 0.25) is 0 Å². The third kappa shape index (κ3) is 0.765. The zero-order chi connectivity index (χ0) is 9.57. The van der Waals surface area contributed by atoms with Crippen LogP contribution in [-0.4, -0.2) is 0 Å². The van der Waals surface area contributed by atoms with Gasteiger partial charge in [0.1, 0.15) is 0 Å². The molecule has 0 radical (unpaired) electrons. The van der Waals surface area contributed by atoms with E-state index < -0.39 is 0 Å². The lowest BCUT2D eigenvalue weighted by Crippen LogP contribution is -2.18. The van der Waals surface area contributed by atoms with Gasteiger partial charge in [0.2, 0.25) is 0 Å². The second kappa shape index (κ2) is 2.36. The van der Waals surface area contributed by atoms with Crippen LogP contribution in [0.1, 0.15) is 44.9 Å². The molecule has 4 fully saturated rings. The van der Waals surface area contributed by atoms with E-state index in [0.29, 0.717) is 0 Å². The smallest absolute Gasteiger partial charge is 0.0138 e. The quantitative estimate of drug-likeness (QED) is 0.522. The zero-order valence-electron chi connectivity index (χ0n) is 9.41. The molecule has 0 aromatic heterocycles. The first-order valence-electron chi connectivity index (χ1n) is 7.13. The molecule has 4 bridgehead atoms. The number of rotatable bonds is 0. The summed E-state index contributed by atoms with van der Waals surface area (Å²) in [6.45, 7) is 0. The Hall–Kier alpha value is -0.260. The molecule has 6 atom stereocenters. The van der Waals surface area contributed by atoms with Gasteiger partial charge in [0.15, 0.2) is 0 Å². The first-order valence-corrected chi connectivity index (χ1v) is 7.13. The molecule has 5 aliphatic rings. The average Bonchev–Trinajstić information content (AvgIpc) is 3.02. The van der Waals surface area contributed by atoms with E-state index in [9.17, 15) is 0 Å². The summed E-state index contributed by atoms with van der Waals surface area (Å²) >= 11 is 0. The second-order valence-electron chi connectivity index (χ2n) is 6.93. The van der Waals surface area contributed by atoms with Crippen LogP contribution in [0.15, 0.2) is 11.1 Å². The first-order chi connectivity index (χ1) is 7.42. The second-order valence-corrected chi connectivity index (χ2v) is 6.93. The molecule has 0 saturated heterocycles. The monoisotopic (exact) mass is 200 g/mol. The maximum absolute atomic E-state index is 2.06. The van der Waals surface area contributed by atoms with Crippen molar-refractivity contribution in [2.75, 3.05) is 0 Å². The van der Waals surface area contributed by atoms with Crippen LogP contribution in [-0.2, 0) is 0 Å². The Kier molecular flexibility index (Phi) is 1.25. The van der Waals surface area contributed by atoms with Gasteiger partial charge in [-0.05, 0) is 80.5 Å². The van der Waals surface area contributed by atoms with E-state index in [-0.39, 0.29) is 0 Å². The van der Waals surface area contributed by atoms with Crippen molar-refractivity contribution in [2.45, 2.75) is 44.9 Å². The predicted octanol–water partition coefficient (Wildman–Crippen LogP) is 3.78. The number of allylic oxidation sites excluding steroid dienone is 2. The van der Waals surface area contributed by atoms with E-state index in [2.05, 4.69) is 5.57 Å². The third-order valence-corrected chi connectivity index (χ3v) is 6.68. The van der Waals surface area contributed by atoms with Crippen LogP contribution in [0.25, 0.3) is 0 Å². The standard InChI is InChI=1S/C15H20/c1-3-10-5-8(1)12-7-13-9-2-4-11(6-9)15(13)14(10)12/h8-10,12-14H,1-7H2. The van der Waals surface area contributed by atoms with Crippen LogP contribution in [0.5, 0.6) is 0 Å². The fourth-order valence-electron chi connectivity index (χ4n) is 6.33. The van der Waals surface area contributed by atoms with Crippen LogP contribution in [0, 0.1) is 35.5 Å². The van der Waals surface area contributed by atoms with Crippen LogP contribution >= 0.6 is 0 Å². The fourth-order valence-corrected chi connectivity index (χ4v) is 6.33. The van der Waals surface area contributed by atoms with Crippen molar-refractivity contribution >= 4 is 0 Å². The highest BCUT2D eigenvalue weighted by Gasteiger charge is 2.58. The lowest BCUT2D eigenvalue weighted by Gasteiger charge is -2.26. The van der Waals surface area contributed by atoms with Crippen molar-refractivity contribution in [3.63, 3.8) is 0 Å². The van der Waals surface area contributed by atoms with Crippen LogP contribution in [0.3, 0.4) is 0 Å². The summed E-state index contributed by atoms with van der Waals surface area (Å²) in [6.07, 6.45) is 11.0. The lowest BCUT2D eigenvalue weighted by atomic mass is 9.79. The Morgan fingerprint density at radius 2 is 1.80 bits per heavy atom. The van der Waals surface area contributed by atoms with E-state index in [1.54, 1.807) is 32.1 Å². The van der Waals surface area contributed by atoms with Gasteiger partial charge in [-0.15, -0.1) is 0 Å². The highest BCUT2D eigenvalue weighted by molar-refractivity contribution is 5.37. The molecule has 0 nitrogen and oxygen atoms in total. The molecular weight excluding hydrogens is 180 g/mol. The Bertz CT molecular complexity index is 364. The Balaban J connectivity index is 1.66.